The van der Waals surface area contributed by atoms with Gasteiger partial charge in [0.25, 0.3) is 0 Å². The summed E-state index contributed by atoms with van der Waals surface area (Å²) in [6.45, 7) is 5.30. The smallest absolute Gasteiger partial charge is 0.294 e. The summed E-state index contributed by atoms with van der Waals surface area (Å²) in [5, 5.41) is 0. The van der Waals surface area contributed by atoms with E-state index in [1.165, 1.54) is 24.3 Å². The number of hydrogen-bond acceptors (Lipinski definition) is 3. The quantitative estimate of drug-likeness (QED) is 0.643. The Morgan fingerprint density at radius 3 is 1.84 bits per heavy atom. The van der Waals surface area contributed by atoms with Crippen molar-refractivity contribution in [2.75, 3.05) is 0 Å². The molecule has 2 N–H and O–H groups in total. The van der Waals surface area contributed by atoms with Gasteiger partial charge in [-0.2, -0.15) is 13.2 Å². The van der Waals surface area contributed by atoms with Crippen LogP contribution in [0.5, 0.6) is 0 Å². The zero-order chi connectivity index (χ0) is 14.5. The first-order chi connectivity index (χ1) is 8.58. The van der Waals surface area contributed by atoms with E-state index in [9.17, 15) is 18.0 Å². The second-order valence-corrected chi connectivity index (χ2v) is 5.65. The number of halogens is 3. The molecule has 6 heteroatoms. The third-order valence-corrected chi connectivity index (χ3v) is 3.06. The fourth-order valence-electron chi connectivity index (χ4n) is 1.82. The third kappa shape index (κ3) is 2.37. The Labute approximate surface area is 109 Å². The first-order valence-corrected chi connectivity index (χ1v) is 5.84. The lowest BCUT2D eigenvalue weighted by molar-refractivity contribution is -0.165. The molecule has 0 saturated carbocycles. The summed E-state index contributed by atoms with van der Waals surface area (Å²) in [7, 11) is 0. The van der Waals surface area contributed by atoms with E-state index < -0.39 is 17.3 Å². The molecule has 104 valence electrons. The van der Waals surface area contributed by atoms with Gasteiger partial charge in [-0.05, 0) is 5.56 Å². The number of rotatable bonds is 2. The number of nitrogens with one attached hydrogen (secondary N) is 2. The highest BCUT2D eigenvalue weighted by molar-refractivity contribution is 5.99. The Kier molecular flexibility index (Phi) is 2.98. The van der Waals surface area contributed by atoms with Gasteiger partial charge < -0.3 is 0 Å². The maximum absolute atomic E-state index is 12.8. The van der Waals surface area contributed by atoms with Gasteiger partial charge in [-0.1, -0.05) is 45.0 Å². The molecule has 1 heterocycles. The molecule has 1 fully saturated rings. The van der Waals surface area contributed by atoms with Crippen LogP contribution in [0.25, 0.3) is 0 Å². The van der Waals surface area contributed by atoms with E-state index >= 15 is 0 Å². The Morgan fingerprint density at radius 1 is 1.05 bits per heavy atom. The molecule has 1 aliphatic rings. The fraction of sp³-hybridized carbons (Fsp3) is 0.462. The molecule has 0 aliphatic carbocycles. The lowest BCUT2D eigenvalue weighted by Crippen LogP contribution is -2.34. The van der Waals surface area contributed by atoms with E-state index in [0.717, 1.165) is 0 Å². The number of carbonyl (C=O) groups is 1. The van der Waals surface area contributed by atoms with Crippen molar-refractivity contribution >= 4 is 5.78 Å². The van der Waals surface area contributed by atoms with Crippen LogP contribution in [0, 0.1) is 5.41 Å². The summed E-state index contributed by atoms with van der Waals surface area (Å²) >= 11 is 0. The number of carbonyl (C=O) groups excluding carboxylic acids is 1. The molecular formula is C13H15F3N2O. The highest BCUT2D eigenvalue weighted by atomic mass is 19.4. The van der Waals surface area contributed by atoms with Gasteiger partial charge in [0.15, 0.2) is 5.78 Å². The van der Waals surface area contributed by atoms with Gasteiger partial charge in [0.05, 0.1) is 0 Å². The monoisotopic (exact) mass is 272 g/mol. The lowest BCUT2D eigenvalue weighted by Gasteiger charge is -2.19. The summed E-state index contributed by atoms with van der Waals surface area (Å²) in [6, 6.07) is 5.50. The minimum Gasteiger partial charge on any atom is -0.294 e. The van der Waals surface area contributed by atoms with Crippen molar-refractivity contribution in [2.24, 2.45) is 5.41 Å². The molecule has 0 unspecified atom stereocenters. The molecule has 0 spiro atoms. The van der Waals surface area contributed by atoms with Crippen LogP contribution in [0.15, 0.2) is 24.3 Å². The molecule has 1 aliphatic heterocycles. The second kappa shape index (κ2) is 4.05. The van der Waals surface area contributed by atoms with Crippen molar-refractivity contribution in [3.8, 4) is 0 Å². The maximum atomic E-state index is 12.8. The standard InChI is InChI=1S/C13H15F3N2O/c1-11(2,3)10(19)8-4-6-9(7-5-8)12(17-18-12)13(14,15)16/h4-7,17-18H,1-3H3. The molecule has 0 amide bonds. The van der Waals surface area contributed by atoms with Crippen LogP contribution in [0.2, 0.25) is 0 Å². The molecule has 0 aromatic heterocycles. The Bertz CT molecular complexity index is 496. The molecule has 2 rings (SSSR count). The largest absolute Gasteiger partial charge is 0.426 e. The summed E-state index contributed by atoms with van der Waals surface area (Å²) in [5.41, 5.74) is 1.98. The van der Waals surface area contributed by atoms with E-state index in [2.05, 4.69) is 10.9 Å². The molecule has 0 radical (unpaired) electrons. The lowest BCUT2D eigenvalue weighted by atomic mass is 9.86. The average molecular weight is 272 g/mol. The van der Waals surface area contributed by atoms with Crippen LogP contribution in [-0.2, 0) is 5.66 Å². The van der Waals surface area contributed by atoms with Crippen molar-refractivity contribution < 1.29 is 18.0 Å². The summed E-state index contributed by atoms with van der Waals surface area (Å²) in [4.78, 5) is 12.0. The predicted molar refractivity (Wildman–Crippen MR) is 64.2 cm³/mol. The highest BCUT2D eigenvalue weighted by Crippen LogP contribution is 2.42. The van der Waals surface area contributed by atoms with Crippen LogP contribution >= 0.6 is 0 Å². The minimum absolute atomic E-state index is 0.0467. The van der Waals surface area contributed by atoms with E-state index in [0.29, 0.717) is 5.56 Å². The Morgan fingerprint density at radius 2 is 1.53 bits per heavy atom. The van der Waals surface area contributed by atoms with Gasteiger partial charge in [0.2, 0.25) is 5.66 Å². The van der Waals surface area contributed by atoms with Crippen LogP contribution in [-0.4, -0.2) is 12.0 Å². The van der Waals surface area contributed by atoms with Crippen LogP contribution in [0.1, 0.15) is 36.7 Å². The number of Topliss-reactive ketones (excluding diaryl/α,β-unsaturated/α-hetero) is 1. The molecule has 1 saturated heterocycles. The van der Waals surface area contributed by atoms with Crippen molar-refractivity contribution in [3.63, 3.8) is 0 Å². The van der Waals surface area contributed by atoms with E-state index in [1.54, 1.807) is 20.8 Å². The van der Waals surface area contributed by atoms with Crippen LogP contribution in [0.4, 0.5) is 13.2 Å². The molecule has 1 aromatic rings. The fourth-order valence-corrected chi connectivity index (χ4v) is 1.82. The van der Waals surface area contributed by atoms with Gasteiger partial charge in [-0.15, -0.1) is 0 Å². The molecule has 1 aromatic carbocycles. The van der Waals surface area contributed by atoms with Gasteiger partial charge in [-0.3, -0.25) is 4.79 Å². The predicted octanol–water partition coefficient (Wildman–Crippen LogP) is 2.74. The maximum Gasteiger partial charge on any atom is 0.426 e. The summed E-state index contributed by atoms with van der Waals surface area (Å²) in [6.07, 6.45) is -4.43. The van der Waals surface area contributed by atoms with Gasteiger partial charge in [0, 0.05) is 11.0 Å². The van der Waals surface area contributed by atoms with Gasteiger partial charge in [-0.25, -0.2) is 10.9 Å². The topological polar surface area (TPSA) is 61.0 Å². The zero-order valence-electron chi connectivity index (χ0n) is 10.9. The normalized spacial score (nSPS) is 18.2. The van der Waals surface area contributed by atoms with E-state index in [1.807, 2.05) is 0 Å². The Balaban J connectivity index is 2.28. The minimum atomic E-state index is -4.43. The first-order valence-electron chi connectivity index (χ1n) is 5.84. The number of hydrogen-bond donors (Lipinski definition) is 2. The summed E-state index contributed by atoms with van der Waals surface area (Å²) < 4.78 is 38.5. The molecular weight excluding hydrogens is 257 g/mol. The first kappa shape index (κ1) is 14.0. The molecule has 0 bridgehead atoms. The number of alkyl halides is 3. The second-order valence-electron chi connectivity index (χ2n) is 5.65. The van der Waals surface area contributed by atoms with Crippen LogP contribution in [0.3, 0.4) is 0 Å². The number of hydrazine groups is 1. The highest BCUT2D eigenvalue weighted by Gasteiger charge is 2.65. The van der Waals surface area contributed by atoms with Crippen molar-refractivity contribution in [2.45, 2.75) is 32.6 Å². The Hall–Kier alpha value is -1.40. The van der Waals surface area contributed by atoms with Crippen molar-refractivity contribution in [1.82, 2.24) is 10.9 Å². The van der Waals surface area contributed by atoms with Crippen molar-refractivity contribution in [3.05, 3.63) is 35.4 Å². The third-order valence-electron chi connectivity index (χ3n) is 3.06. The van der Waals surface area contributed by atoms with E-state index in [4.69, 9.17) is 0 Å². The van der Waals surface area contributed by atoms with Gasteiger partial charge in [0.1, 0.15) is 0 Å². The van der Waals surface area contributed by atoms with E-state index in [-0.39, 0.29) is 11.3 Å². The van der Waals surface area contributed by atoms with Crippen LogP contribution < -0.4 is 10.9 Å². The number of ketones is 1. The number of benzene rings is 1. The summed E-state index contributed by atoms with van der Waals surface area (Å²) in [5.74, 6) is -0.100. The van der Waals surface area contributed by atoms with Gasteiger partial charge >= 0.3 is 6.18 Å². The molecule has 19 heavy (non-hydrogen) atoms. The van der Waals surface area contributed by atoms with Crippen molar-refractivity contribution in [1.29, 1.82) is 0 Å². The average Bonchev–Trinajstić information content (AvgIpc) is 3.07. The molecule has 0 atom stereocenters. The SMILES string of the molecule is CC(C)(C)C(=O)c1ccc(C2(C(F)(F)F)NN2)cc1. The zero-order valence-corrected chi connectivity index (χ0v) is 10.9. The molecule has 3 nitrogen and oxygen atoms in total.